The number of benzene rings is 3. The van der Waals surface area contributed by atoms with Crippen molar-refractivity contribution in [1.29, 1.82) is 0 Å². The molecular weight excluding hydrogens is 358 g/mol. The second-order valence-corrected chi connectivity index (χ2v) is 5.68. The van der Waals surface area contributed by atoms with Crippen molar-refractivity contribution in [2.75, 3.05) is 10.6 Å². The van der Waals surface area contributed by atoms with Gasteiger partial charge in [0.05, 0.1) is 5.56 Å². The van der Waals surface area contributed by atoms with Crippen LogP contribution in [0, 0.1) is 0 Å². The molecule has 0 fully saturated rings. The van der Waals surface area contributed by atoms with E-state index in [2.05, 4.69) is 16.0 Å². The number of hydrogen-bond acceptors (Lipinski definition) is 4. The Bertz CT molecular complexity index is 958. The first-order valence-corrected chi connectivity index (χ1v) is 8.41. The fourth-order valence-corrected chi connectivity index (χ4v) is 2.29. The quantitative estimate of drug-likeness (QED) is 0.469. The summed E-state index contributed by atoms with van der Waals surface area (Å²) in [7, 11) is 0. The van der Waals surface area contributed by atoms with Crippen LogP contribution in [0.5, 0.6) is 5.75 Å². The molecule has 0 unspecified atom stereocenters. The summed E-state index contributed by atoms with van der Waals surface area (Å²) in [5.74, 6) is -0.0667. The van der Waals surface area contributed by atoms with Crippen LogP contribution in [0.1, 0.15) is 10.4 Å². The molecule has 0 aromatic heterocycles. The molecule has 7 heteroatoms. The number of ether oxygens (including phenoxy) is 1. The van der Waals surface area contributed by atoms with Crippen molar-refractivity contribution in [2.45, 2.75) is 0 Å². The van der Waals surface area contributed by atoms with E-state index in [0.29, 0.717) is 22.7 Å². The van der Waals surface area contributed by atoms with Gasteiger partial charge in [-0.1, -0.05) is 36.4 Å². The highest BCUT2D eigenvalue weighted by Crippen LogP contribution is 2.14. The van der Waals surface area contributed by atoms with Gasteiger partial charge in [-0.2, -0.15) is 0 Å². The predicted molar refractivity (Wildman–Crippen MR) is 105 cm³/mol. The van der Waals surface area contributed by atoms with Gasteiger partial charge in [0.1, 0.15) is 5.75 Å². The van der Waals surface area contributed by atoms with Gasteiger partial charge >= 0.3 is 18.0 Å². The minimum Gasteiger partial charge on any atom is -0.423 e. The number of urea groups is 2. The molecule has 3 rings (SSSR count). The third kappa shape index (κ3) is 5.43. The molecule has 0 aliphatic heterocycles. The van der Waals surface area contributed by atoms with E-state index < -0.39 is 18.0 Å². The summed E-state index contributed by atoms with van der Waals surface area (Å²) in [6.07, 6.45) is 0. The SMILES string of the molecule is O=C(NC(=O)Nc1ccc(C(=O)Oc2ccccc2)cc1)Nc1ccccc1. The molecule has 0 spiro atoms. The van der Waals surface area contributed by atoms with Gasteiger partial charge in [-0.05, 0) is 48.5 Å². The maximum Gasteiger partial charge on any atom is 0.343 e. The topological polar surface area (TPSA) is 96.5 Å². The number of carbonyl (C=O) groups is 3. The Kier molecular flexibility index (Phi) is 5.99. The second-order valence-electron chi connectivity index (χ2n) is 5.68. The monoisotopic (exact) mass is 375 g/mol. The van der Waals surface area contributed by atoms with E-state index >= 15 is 0 Å². The largest absolute Gasteiger partial charge is 0.423 e. The highest BCUT2D eigenvalue weighted by atomic mass is 16.5. The Morgan fingerprint density at radius 1 is 0.607 bits per heavy atom. The van der Waals surface area contributed by atoms with E-state index in [1.54, 1.807) is 48.5 Å². The van der Waals surface area contributed by atoms with Gasteiger partial charge in [0.2, 0.25) is 0 Å². The molecular formula is C21H17N3O4. The van der Waals surface area contributed by atoms with Crippen molar-refractivity contribution in [2.24, 2.45) is 0 Å². The lowest BCUT2D eigenvalue weighted by molar-refractivity contribution is 0.0734. The minimum atomic E-state index is -0.701. The summed E-state index contributed by atoms with van der Waals surface area (Å²) < 4.78 is 5.24. The van der Waals surface area contributed by atoms with E-state index in [1.165, 1.54) is 24.3 Å². The summed E-state index contributed by atoms with van der Waals surface area (Å²) >= 11 is 0. The standard InChI is InChI=1S/C21H17N3O4/c25-19(28-18-9-5-2-6-10-18)15-11-13-17(14-12-15)23-21(27)24-20(26)22-16-7-3-1-4-8-16/h1-14H,(H3,22,23,24,26,27). The smallest absolute Gasteiger partial charge is 0.343 e. The number of anilines is 2. The summed E-state index contributed by atoms with van der Waals surface area (Å²) in [4.78, 5) is 35.8. The van der Waals surface area contributed by atoms with Crippen LogP contribution in [-0.2, 0) is 0 Å². The van der Waals surface area contributed by atoms with Crippen LogP contribution in [0.3, 0.4) is 0 Å². The van der Waals surface area contributed by atoms with Gasteiger partial charge in [0.15, 0.2) is 0 Å². The normalized spacial score (nSPS) is 9.86. The van der Waals surface area contributed by atoms with Crippen LogP contribution < -0.4 is 20.7 Å². The predicted octanol–water partition coefficient (Wildman–Crippen LogP) is 4.26. The zero-order valence-corrected chi connectivity index (χ0v) is 14.7. The third-order valence-corrected chi connectivity index (χ3v) is 3.59. The van der Waals surface area contributed by atoms with Gasteiger partial charge in [-0.3, -0.25) is 5.32 Å². The summed E-state index contributed by atoms with van der Waals surface area (Å²) in [5, 5.41) is 7.20. The molecule has 0 bridgehead atoms. The van der Waals surface area contributed by atoms with Crippen LogP contribution in [-0.4, -0.2) is 18.0 Å². The van der Waals surface area contributed by atoms with Crippen molar-refractivity contribution in [3.8, 4) is 5.75 Å². The van der Waals surface area contributed by atoms with E-state index in [9.17, 15) is 14.4 Å². The van der Waals surface area contributed by atoms with Crippen LogP contribution in [0.15, 0.2) is 84.9 Å². The van der Waals surface area contributed by atoms with Crippen LogP contribution in [0.25, 0.3) is 0 Å². The molecule has 140 valence electrons. The van der Waals surface area contributed by atoms with Crippen LogP contribution >= 0.6 is 0 Å². The zero-order chi connectivity index (χ0) is 19.8. The van der Waals surface area contributed by atoms with Gasteiger partial charge in [-0.15, -0.1) is 0 Å². The number of nitrogens with one attached hydrogen (secondary N) is 3. The lowest BCUT2D eigenvalue weighted by Gasteiger charge is -2.09. The molecule has 0 saturated carbocycles. The number of carbonyl (C=O) groups excluding carboxylic acids is 3. The fourth-order valence-electron chi connectivity index (χ4n) is 2.29. The van der Waals surface area contributed by atoms with E-state index in [1.807, 2.05) is 12.1 Å². The molecule has 3 N–H and O–H groups in total. The highest BCUT2D eigenvalue weighted by Gasteiger charge is 2.10. The van der Waals surface area contributed by atoms with Gasteiger partial charge < -0.3 is 15.4 Å². The number of esters is 1. The van der Waals surface area contributed by atoms with Crippen LogP contribution in [0.2, 0.25) is 0 Å². The maximum absolute atomic E-state index is 12.1. The molecule has 0 radical (unpaired) electrons. The Labute approximate surface area is 161 Å². The van der Waals surface area contributed by atoms with E-state index in [4.69, 9.17) is 4.74 Å². The molecule has 3 aromatic rings. The number of hydrogen-bond donors (Lipinski definition) is 3. The Morgan fingerprint density at radius 3 is 1.68 bits per heavy atom. The summed E-state index contributed by atoms with van der Waals surface area (Å²) in [6, 6.07) is 22.2. The summed E-state index contributed by atoms with van der Waals surface area (Å²) in [6.45, 7) is 0. The lowest BCUT2D eigenvalue weighted by atomic mass is 10.2. The van der Waals surface area contributed by atoms with Crippen molar-refractivity contribution >= 4 is 29.4 Å². The minimum absolute atomic E-state index is 0.330. The molecule has 28 heavy (non-hydrogen) atoms. The Balaban J connectivity index is 1.51. The highest BCUT2D eigenvalue weighted by molar-refractivity contribution is 6.05. The van der Waals surface area contributed by atoms with E-state index in [-0.39, 0.29) is 0 Å². The first kappa shape index (κ1) is 18.7. The molecule has 3 aromatic carbocycles. The van der Waals surface area contributed by atoms with Crippen molar-refractivity contribution in [3.63, 3.8) is 0 Å². The Morgan fingerprint density at radius 2 is 1.11 bits per heavy atom. The van der Waals surface area contributed by atoms with Crippen molar-refractivity contribution in [1.82, 2.24) is 5.32 Å². The second kappa shape index (κ2) is 9.00. The number of para-hydroxylation sites is 2. The molecule has 4 amide bonds. The first-order chi connectivity index (χ1) is 13.6. The fraction of sp³-hybridized carbons (Fsp3) is 0. The molecule has 0 aliphatic carbocycles. The molecule has 0 atom stereocenters. The van der Waals surface area contributed by atoms with Crippen LogP contribution in [0.4, 0.5) is 21.0 Å². The number of imide groups is 1. The van der Waals surface area contributed by atoms with Gasteiger partial charge in [-0.25, -0.2) is 14.4 Å². The maximum atomic E-state index is 12.1. The third-order valence-electron chi connectivity index (χ3n) is 3.59. The number of rotatable bonds is 4. The molecule has 0 saturated heterocycles. The average molecular weight is 375 g/mol. The average Bonchev–Trinajstić information content (AvgIpc) is 2.70. The van der Waals surface area contributed by atoms with Gasteiger partial charge in [0.25, 0.3) is 0 Å². The molecule has 0 aliphatic rings. The van der Waals surface area contributed by atoms with E-state index in [0.717, 1.165) is 0 Å². The first-order valence-electron chi connectivity index (χ1n) is 8.41. The molecule has 7 nitrogen and oxygen atoms in total. The number of amides is 4. The lowest BCUT2D eigenvalue weighted by Crippen LogP contribution is -2.37. The van der Waals surface area contributed by atoms with Crippen molar-refractivity contribution in [3.05, 3.63) is 90.5 Å². The Hall–Kier alpha value is -4.13. The van der Waals surface area contributed by atoms with Gasteiger partial charge in [0, 0.05) is 11.4 Å². The molecule has 0 heterocycles. The zero-order valence-electron chi connectivity index (χ0n) is 14.7. The van der Waals surface area contributed by atoms with Crippen molar-refractivity contribution < 1.29 is 19.1 Å². The summed E-state index contributed by atoms with van der Waals surface area (Å²) in [5.41, 5.74) is 1.31.